The number of carbonyl (C=O) groups is 1. The van der Waals surface area contributed by atoms with Crippen LogP contribution in [-0.4, -0.2) is 12.1 Å². The molecule has 0 saturated carbocycles. The lowest BCUT2D eigenvalue weighted by Gasteiger charge is -2.35. The van der Waals surface area contributed by atoms with Gasteiger partial charge in [0.2, 0.25) is 0 Å². The van der Waals surface area contributed by atoms with Crippen LogP contribution in [0.25, 0.3) is 0 Å². The van der Waals surface area contributed by atoms with Gasteiger partial charge in [0.05, 0.1) is 5.92 Å². The average Bonchev–Trinajstić information content (AvgIpc) is 2.17. The van der Waals surface area contributed by atoms with E-state index in [1.54, 1.807) is 0 Å². The van der Waals surface area contributed by atoms with E-state index in [-0.39, 0.29) is 18.0 Å². The Hall–Kier alpha value is -0.530. The fourth-order valence-electron chi connectivity index (χ4n) is 1.98. The minimum atomic E-state index is 0.0416. The largest absolute Gasteiger partial charge is 0.461 e. The van der Waals surface area contributed by atoms with Crippen molar-refractivity contribution in [3.8, 4) is 0 Å². The molecule has 2 nitrogen and oxygen atoms in total. The molecular formula is C12H22O2. The molecule has 1 rings (SSSR count). The Bertz CT molecular complexity index is 177. The maximum Gasteiger partial charge on any atom is 0.313 e. The van der Waals surface area contributed by atoms with Crippen molar-refractivity contribution in [3.05, 3.63) is 0 Å². The van der Waals surface area contributed by atoms with Crippen molar-refractivity contribution in [1.82, 2.24) is 0 Å². The van der Waals surface area contributed by atoms with Crippen molar-refractivity contribution >= 4 is 5.97 Å². The van der Waals surface area contributed by atoms with Crippen molar-refractivity contribution in [3.63, 3.8) is 0 Å². The Morgan fingerprint density at radius 3 is 2.36 bits per heavy atom. The summed E-state index contributed by atoms with van der Waals surface area (Å²) < 4.78 is 5.16. The average molecular weight is 198 g/mol. The fourth-order valence-corrected chi connectivity index (χ4v) is 1.98. The van der Waals surface area contributed by atoms with Crippen LogP contribution in [0.5, 0.6) is 0 Å². The van der Waals surface area contributed by atoms with E-state index in [4.69, 9.17) is 4.74 Å². The Kier molecular flexibility index (Phi) is 4.99. The van der Waals surface area contributed by atoms with Gasteiger partial charge in [-0.05, 0) is 19.3 Å². The highest BCUT2D eigenvalue weighted by Crippen LogP contribution is 2.30. The third kappa shape index (κ3) is 3.00. The second-order valence-electron chi connectivity index (χ2n) is 4.22. The molecule has 2 atom stereocenters. The summed E-state index contributed by atoms with van der Waals surface area (Å²) in [7, 11) is 0. The lowest BCUT2D eigenvalue weighted by atomic mass is 9.88. The SMILES string of the molecule is CCCCCC1OC(=O)C1CCCC. The predicted octanol–water partition coefficient (Wildman–Crippen LogP) is 3.30. The smallest absolute Gasteiger partial charge is 0.313 e. The summed E-state index contributed by atoms with van der Waals surface area (Å²) >= 11 is 0. The summed E-state index contributed by atoms with van der Waals surface area (Å²) in [5.41, 5.74) is 0. The van der Waals surface area contributed by atoms with Crippen LogP contribution < -0.4 is 0 Å². The molecule has 0 aromatic rings. The third-order valence-corrected chi connectivity index (χ3v) is 2.98. The van der Waals surface area contributed by atoms with Crippen LogP contribution in [0.4, 0.5) is 0 Å². The number of esters is 1. The summed E-state index contributed by atoms with van der Waals surface area (Å²) in [5.74, 6) is 0.270. The van der Waals surface area contributed by atoms with Crippen molar-refractivity contribution in [1.29, 1.82) is 0 Å². The van der Waals surface area contributed by atoms with E-state index in [0.717, 1.165) is 19.3 Å². The zero-order valence-corrected chi connectivity index (χ0v) is 9.42. The first-order valence-corrected chi connectivity index (χ1v) is 6.00. The minimum Gasteiger partial charge on any atom is -0.461 e. The molecule has 1 aliphatic heterocycles. The van der Waals surface area contributed by atoms with Crippen LogP contribution in [0.1, 0.15) is 58.8 Å². The van der Waals surface area contributed by atoms with Crippen molar-refractivity contribution in [2.75, 3.05) is 0 Å². The molecule has 14 heavy (non-hydrogen) atoms. The van der Waals surface area contributed by atoms with Crippen molar-refractivity contribution in [2.24, 2.45) is 5.92 Å². The Labute approximate surface area is 87.0 Å². The summed E-state index contributed by atoms with van der Waals surface area (Å²) in [6.45, 7) is 4.36. The number of hydrogen-bond acceptors (Lipinski definition) is 2. The van der Waals surface area contributed by atoms with Crippen LogP contribution in [0.3, 0.4) is 0 Å². The highest BCUT2D eigenvalue weighted by atomic mass is 16.6. The summed E-state index contributed by atoms with van der Waals surface area (Å²) in [6.07, 6.45) is 8.39. The normalized spacial score (nSPS) is 25.7. The van der Waals surface area contributed by atoms with Crippen LogP contribution in [0.15, 0.2) is 0 Å². The van der Waals surface area contributed by atoms with Crippen molar-refractivity contribution < 1.29 is 9.53 Å². The van der Waals surface area contributed by atoms with Gasteiger partial charge in [-0.1, -0.05) is 39.5 Å². The topological polar surface area (TPSA) is 26.3 Å². The van der Waals surface area contributed by atoms with Crippen LogP contribution in [0.2, 0.25) is 0 Å². The summed E-state index contributed by atoms with van der Waals surface area (Å²) in [6, 6.07) is 0. The van der Waals surface area contributed by atoms with Crippen LogP contribution in [0, 0.1) is 5.92 Å². The van der Waals surface area contributed by atoms with Crippen LogP contribution >= 0.6 is 0 Å². The maximum absolute atomic E-state index is 11.2. The molecule has 2 heteroatoms. The number of rotatable bonds is 7. The molecule has 1 saturated heterocycles. The molecule has 0 amide bonds. The van der Waals surface area contributed by atoms with E-state index < -0.39 is 0 Å². The first-order valence-electron chi connectivity index (χ1n) is 6.00. The van der Waals surface area contributed by atoms with Gasteiger partial charge in [-0.25, -0.2) is 0 Å². The molecule has 1 heterocycles. The monoisotopic (exact) mass is 198 g/mol. The van der Waals surface area contributed by atoms with Gasteiger partial charge in [0.1, 0.15) is 6.10 Å². The van der Waals surface area contributed by atoms with Gasteiger partial charge >= 0.3 is 5.97 Å². The zero-order chi connectivity index (χ0) is 10.4. The summed E-state index contributed by atoms with van der Waals surface area (Å²) in [4.78, 5) is 11.2. The Morgan fingerprint density at radius 1 is 1.07 bits per heavy atom. The molecule has 82 valence electrons. The van der Waals surface area contributed by atoms with Gasteiger partial charge in [-0.2, -0.15) is 0 Å². The molecule has 0 N–H and O–H groups in total. The summed E-state index contributed by atoms with van der Waals surface area (Å²) in [5, 5.41) is 0. The van der Waals surface area contributed by atoms with Gasteiger partial charge in [0, 0.05) is 0 Å². The second kappa shape index (κ2) is 6.05. The van der Waals surface area contributed by atoms with E-state index in [2.05, 4.69) is 13.8 Å². The first-order chi connectivity index (χ1) is 6.79. The van der Waals surface area contributed by atoms with Gasteiger partial charge in [-0.3, -0.25) is 4.79 Å². The predicted molar refractivity (Wildman–Crippen MR) is 57.0 cm³/mol. The molecule has 0 aromatic heterocycles. The standard InChI is InChI=1S/C12H22O2/c1-3-5-7-9-11-10(8-6-4-2)12(13)14-11/h10-11H,3-9H2,1-2H3. The number of unbranched alkanes of at least 4 members (excludes halogenated alkanes) is 3. The van der Waals surface area contributed by atoms with E-state index in [1.165, 1.54) is 25.7 Å². The van der Waals surface area contributed by atoms with Crippen molar-refractivity contribution in [2.45, 2.75) is 64.9 Å². The molecular weight excluding hydrogens is 176 g/mol. The molecule has 0 bridgehead atoms. The molecule has 2 unspecified atom stereocenters. The van der Waals surface area contributed by atoms with Gasteiger partial charge in [0.25, 0.3) is 0 Å². The molecule has 1 aliphatic rings. The molecule has 0 aromatic carbocycles. The lowest BCUT2D eigenvalue weighted by Crippen LogP contribution is -2.44. The molecule has 0 aliphatic carbocycles. The number of cyclic esters (lactones) is 1. The highest BCUT2D eigenvalue weighted by molar-refractivity contribution is 5.78. The fraction of sp³-hybridized carbons (Fsp3) is 0.917. The molecule has 0 radical (unpaired) electrons. The highest BCUT2D eigenvalue weighted by Gasteiger charge is 2.40. The quantitative estimate of drug-likeness (QED) is 0.463. The lowest BCUT2D eigenvalue weighted by molar-refractivity contribution is -0.186. The number of hydrogen-bond donors (Lipinski definition) is 0. The van der Waals surface area contributed by atoms with E-state index >= 15 is 0 Å². The van der Waals surface area contributed by atoms with Gasteiger partial charge in [0.15, 0.2) is 0 Å². The number of ether oxygens (including phenoxy) is 1. The second-order valence-corrected chi connectivity index (χ2v) is 4.22. The third-order valence-electron chi connectivity index (χ3n) is 2.98. The minimum absolute atomic E-state index is 0.0416. The molecule has 1 fully saturated rings. The van der Waals surface area contributed by atoms with Crippen LogP contribution in [-0.2, 0) is 9.53 Å². The number of carbonyl (C=O) groups excluding carboxylic acids is 1. The van der Waals surface area contributed by atoms with Gasteiger partial charge in [-0.15, -0.1) is 0 Å². The Balaban J connectivity index is 2.15. The zero-order valence-electron chi connectivity index (χ0n) is 9.42. The van der Waals surface area contributed by atoms with Gasteiger partial charge < -0.3 is 4.74 Å². The maximum atomic E-state index is 11.2. The van der Waals surface area contributed by atoms with E-state index in [1.807, 2.05) is 0 Å². The Morgan fingerprint density at radius 2 is 1.79 bits per heavy atom. The van der Waals surface area contributed by atoms with E-state index in [0.29, 0.717) is 0 Å². The first kappa shape index (κ1) is 11.5. The van der Waals surface area contributed by atoms with E-state index in [9.17, 15) is 4.79 Å². The molecule has 0 spiro atoms.